The van der Waals surface area contributed by atoms with Crippen molar-refractivity contribution in [1.82, 2.24) is 20.0 Å². The Hall–Kier alpha value is -2.35. The molecule has 1 saturated carbocycles. The highest BCUT2D eigenvalue weighted by Crippen LogP contribution is 2.41. The molecule has 4 rings (SSSR count). The van der Waals surface area contributed by atoms with Gasteiger partial charge >= 0.3 is 6.03 Å². The molecule has 0 unspecified atom stereocenters. The van der Waals surface area contributed by atoms with Crippen LogP contribution in [0.4, 0.5) is 4.79 Å². The first-order valence-electron chi connectivity index (χ1n) is 8.74. The van der Waals surface area contributed by atoms with Crippen LogP contribution >= 0.6 is 0 Å². The van der Waals surface area contributed by atoms with Crippen molar-refractivity contribution >= 4 is 15.9 Å². The lowest BCUT2D eigenvalue weighted by Crippen LogP contribution is -2.50. The van der Waals surface area contributed by atoms with Gasteiger partial charge in [-0.15, -0.1) is 0 Å². The molecular formula is C18H22N4O3S. The molecule has 2 amide bonds. The van der Waals surface area contributed by atoms with E-state index < -0.39 is 15.9 Å². The number of carbonyl (C=O) groups is 1. The molecule has 1 aromatic carbocycles. The first kappa shape index (κ1) is 17.1. The Labute approximate surface area is 152 Å². The van der Waals surface area contributed by atoms with Crippen molar-refractivity contribution < 1.29 is 13.2 Å². The van der Waals surface area contributed by atoms with Gasteiger partial charge in [0, 0.05) is 37.3 Å². The Morgan fingerprint density at radius 1 is 1.23 bits per heavy atom. The highest BCUT2D eigenvalue weighted by Gasteiger charge is 2.42. The SMILES string of the molecule is Cn1cc([C@@H]2CS(=O)(=O)CCN2C(=O)N[C@H]2C[C@@H]2c2ccccc2)cn1. The predicted octanol–water partition coefficient (Wildman–Crippen LogP) is 1.46. The summed E-state index contributed by atoms with van der Waals surface area (Å²) in [7, 11) is -1.38. The monoisotopic (exact) mass is 374 g/mol. The number of hydrogen-bond donors (Lipinski definition) is 1. The summed E-state index contributed by atoms with van der Waals surface area (Å²) in [4.78, 5) is 14.5. The molecule has 8 heteroatoms. The molecule has 1 aliphatic carbocycles. The molecule has 0 spiro atoms. The Morgan fingerprint density at radius 3 is 2.69 bits per heavy atom. The number of nitrogens with one attached hydrogen (secondary N) is 1. The van der Waals surface area contributed by atoms with E-state index in [2.05, 4.69) is 22.5 Å². The molecule has 1 saturated heterocycles. The van der Waals surface area contributed by atoms with E-state index in [9.17, 15) is 13.2 Å². The summed E-state index contributed by atoms with van der Waals surface area (Å²) in [5.41, 5.74) is 1.98. The third-order valence-corrected chi connectivity index (χ3v) is 6.76. The molecule has 7 nitrogen and oxygen atoms in total. The summed E-state index contributed by atoms with van der Waals surface area (Å²) in [6.45, 7) is 0.205. The van der Waals surface area contributed by atoms with Crippen LogP contribution in [0.25, 0.3) is 0 Å². The second kappa shape index (κ2) is 6.42. The van der Waals surface area contributed by atoms with E-state index >= 15 is 0 Å². The Kier molecular flexibility index (Phi) is 4.22. The fraction of sp³-hybridized carbons (Fsp3) is 0.444. The molecule has 26 heavy (non-hydrogen) atoms. The average molecular weight is 374 g/mol. The molecule has 2 fully saturated rings. The molecule has 2 heterocycles. The quantitative estimate of drug-likeness (QED) is 0.881. The van der Waals surface area contributed by atoms with Gasteiger partial charge in [0.1, 0.15) is 0 Å². The number of benzene rings is 1. The largest absolute Gasteiger partial charge is 0.335 e. The van der Waals surface area contributed by atoms with Gasteiger partial charge in [0.15, 0.2) is 9.84 Å². The third kappa shape index (κ3) is 3.46. The summed E-state index contributed by atoms with van der Waals surface area (Å²) in [6.07, 6.45) is 4.32. The van der Waals surface area contributed by atoms with Gasteiger partial charge in [0.2, 0.25) is 0 Å². The van der Waals surface area contributed by atoms with Gasteiger partial charge < -0.3 is 10.2 Å². The van der Waals surface area contributed by atoms with Crippen LogP contribution in [0.2, 0.25) is 0 Å². The maximum absolute atomic E-state index is 12.8. The third-order valence-electron chi connectivity index (χ3n) is 5.13. The van der Waals surface area contributed by atoms with Crippen molar-refractivity contribution in [2.24, 2.45) is 7.05 Å². The number of amides is 2. The average Bonchev–Trinajstić information content (AvgIpc) is 3.24. The lowest BCUT2D eigenvalue weighted by atomic mass is 10.1. The molecule has 2 aliphatic rings. The molecule has 2 aromatic rings. The number of urea groups is 1. The fourth-order valence-corrected chi connectivity index (χ4v) is 5.10. The predicted molar refractivity (Wildman–Crippen MR) is 97.4 cm³/mol. The van der Waals surface area contributed by atoms with Gasteiger partial charge in [-0.05, 0) is 12.0 Å². The number of aryl methyl sites for hydroxylation is 1. The van der Waals surface area contributed by atoms with Crippen LogP contribution in [-0.4, -0.2) is 53.2 Å². The molecule has 0 radical (unpaired) electrons. The zero-order valence-corrected chi connectivity index (χ0v) is 15.4. The molecule has 0 bridgehead atoms. The van der Waals surface area contributed by atoms with E-state index in [1.54, 1.807) is 29.0 Å². The molecular weight excluding hydrogens is 352 g/mol. The van der Waals surface area contributed by atoms with E-state index in [4.69, 9.17) is 0 Å². The van der Waals surface area contributed by atoms with E-state index in [1.807, 2.05) is 18.2 Å². The second-order valence-electron chi connectivity index (χ2n) is 7.08. The van der Waals surface area contributed by atoms with Crippen LogP contribution in [0.3, 0.4) is 0 Å². The molecule has 1 aliphatic heterocycles. The van der Waals surface area contributed by atoms with Gasteiger partial charge in [-0.25, -0.2) is 13.2 Å². The zero-order chi connectivity index (χ0) is 18.3. The summed E-state index contributed by atoms with van der Waals surface area (Å²) < 4.78 is 25.8. The van der Waals surface area contributed by atoms with Gasteiger partial charge in [-0.3, -0.25) is 4.68 Å². The molecule has 3 atom stereocenters. The summed E-state index contributed by atoms with van der Waals surface area (Å²) in [6, 6.07) is 9.55. The van der Waals surface area contributed by atoms with Crippen LogP contribution in [0.1, 0.15) is 29.5 Å². The van der Waals surface area contributed by atoms with Gasteiger partial charge in [-0.1, -0.05) is 30.3 Å². The van der Waals surface area contributed by atoms with Crippen molar-refractivity contribution in [3.05, 3.63) is 53.9 Å². The first-order chi connectivity index (χ1) is 12.4. The normalized spacial score (nSPS) is 27.1. The Morgan fingerprint density at radius 2 is 2.00 bits per heavy atom. The number of sulfone groups is 1. The van der Waals surface area contributed by atoms with Gasteiger partial charge in [-0.2, -0.15) is 5.10 Å². The highest BCUT2D eigenvalue weighted by molar-refractivity contribution is 7.91. The maximum Gasteiger partial charge on any atom is 0.318 e. The minimum Gasteiger partial charge on any atom is -0.335 e. The van der Waals surface area contributed by atoms with Crippen molar-refractivity contribution in [2.45, 2.75) is 24.4 Å². The van der Waals surface area contributed by atoms with Crippen LogP contribution in [0, 0.1) is 0 Å². The van der Waals surface area contributed by atoms with Gasteiger partial charge in [0.05, 0.1) is 23.7 Å². The van der Waals surface area contributed by atoms with Crippen LogP contribution in [0.15, 0.2) is 42.7 Å². The smallest absolute Gasteiger partial charge is 0.318 e. The second-order valence-corrected chi connectivity index (χ2v) is 9.31. The van der Waals surface area contributed by atoms with Crippen molar-refractivity contribution in [3.63, 3.8) is 0 Å². The van der Waals surface area contributed by atoms with E-state index in [-0.39, 0.29) is 30.1 Å². The van der Waals surface area contributed by atoms with Crippen LogP contribution in [-0.2, 0) is 16.9 Å². The van der Waals surface area contributed by atoms with Crippen LogP contribution in [0.5, 0.6) is 0 Å². The lowest BCUT2D eigenvalue weighted by Gasteiger charge is -2.35. The Bertz CT molecular complexity index is 910. The molecule has 138 valence electrons. The fourth-order valence-electron chi connectivity index (χ4n) is 3.60. The lowest BCUT2D eigenvalue weighted by molar-refractivity contribution is 0.180. The highest BCUT2D eigenvalue weighted by atomic mass is 32.2. The molecule has 1 N–H and O–H groups in total. The number of nitrogens with zero attached hydrogens (tertiary/aromatic N) is 3. The molecule has 1 aromatic heterocycles. The van der Waals surface area contributed by atoms with E-state index in [0.717, 1.165) is 12.0 Å². The number of carbonyl (C=O) groups excluding carboxylic acids is 1. The topological polar surface area (TPSA) is 84.3 Å². The maximum atomic E-state index is 12.8. The standard InChI is InChI=1S/C18H22N4O3S/c1-21-11-14(10-19-21)17-12-26(24,25)8-7-22(17)18(23)20-16-9-15(16)13-5-3-2-4-6-13/h2-6,10-11,15-17H,7-9,12H2,1H3,(H,20,23)/t15-,16+,17+/m1/s1. The van der Waals surface area contributed by atoms with E-state index in [1.165, 1.54) is 5.56 Å². The minimum atomic E-state index is -3.16. The summed E-state index contributed by atoms with van der Waals surface area (Å²) in [5, 5.41) is 7.19. The minimum absolute atomic E-state index is 0.00393. The zero-order valence-electron chi connectivity index (χ0n) is 14.6. The first-order valence-corrected chi connectivity index (χ1v) is 10.6. The van der Waals surface area contributed by atoms with Crippen molar-refractivity contribution in [1.29, 1.82) is 0 Å². The van der Waals surface area contributed by atoms with Crippen molar-refractivity contribution in [3.8, 4) is 0 Å². The summed E-state index contributed by atoms with van der Waals surface area (Å²) in [5.74, 6) is 0.286. The number of rotatable bonds is 3. The van der Waals surface area contributed by atoms with Gasteiger partial charge in [0.25, 0.3) is 0 Å². The number of aromatic nitrogens is 2. The Balaban J connectivity index is 1.47. The van der Waals surface area contributed by atoms with E-state index in [0.29, 0.717) is 5.92 Å². The van der Waals surface area contributed by atoms with Crippen LogP contribution < -0.4 is 5.32 Å². The number of hydrogen-bond acceptors (Lipinski definition) is 4. The summed E-state index contributed by atoms with van der Waals surface area (Å²) >= 11 is 0. The van der Waals surface area contributed by atoms with Crippen molar-refractivity contribution in [2.75, 3.05) is 18.1 Å².